The fourth-order valence-corrected chi connectivity index (χ4v) is 4.89. The first-order valence-corrected chi connectivity index (χ1v) is 13.9. The van der Waals surface area contributed by atoms with E-state index in [1.807, 2.05) is 0 Å². The molecule has 1 amide bonds. The Kier molecular flexibility index (Phi) is 17.4. The molecule has 0 fully saturated rings. The molecule has 0 aromatic heterocycles. The molecular weight excluding hydrogens is 394 g/mol. The van der Waals surface area contributed by atoms with E-state index < -0.39 is 0 Å². The minimum atomic E-state index is 0.0706. The molecule has 1 N–H and O–H groups in total. The van der Waals surface area contributed by atoms with Gasteiger partial charge in [-0.25, -0.2) is 4.99 Å². The lowest BCUT2D eigenvalue weighted by Gasteiger charge is -2.38. The van der Waals surface area contributed by atoms with Crippen molar-refractivity contribution in [3.63, 3.8) is 0 Å². The van der Waals surface area contributed by atoms with E-state index in [4.69, 9.17) is 4.99 Å². The summed E-state index contributed by atoms with van der Waals surface area (Å²) in [6, 6.07) is 0. The van der Waals surface area contributed by atoms with Gasteiger partial charge in [0.2, 0.25) is 5.91 Å². The standard InChI is InChI=1S/C28H53N3O/c1-4-6-7-8-9-10-11-12-13-14-15-16-17-18-19-20-21-22-28-30-24-26-31(28,5-2)25-23-29-27(3)32/h9-10,24,28H,4-8,11-23,25-26H2,1-3H3/p+1/b10-9+. The molecule has 0 saturated carbocycles. The number of quaternary nitrogens is 1. The summed E-state index contributed by atoms with van der Waals surface area (Å²) in [4.78, 5) is 16.0. The topological polar surface area (TPSA) is 41.5 Å². The highest BCUT2D eigenvalue weighted by atomic mass is 16.1. The lowest BCUT2D eigenvalue weighted by molar-refractivity contribution is -0.935. The fraction of sp³-hybridized carbons (Fsp3) is 0.857. The lowest BCUT2D eigenvalue weighted by Crippen LogP contribution is -2.55. The number of nitrogens with zero attached hydrogens (tertiary/aromatic N) is 2. The van der Waals surface area contributed by atoms with Crippen LogP contribution < -0.4 is 5.32 Å². The SMILES string of the molecule is CCCCC/C=C/CCCCCCCCCCCCC1N=CC[N+]1(CC)CCNC(C)=O. The minimum absolute atomic E-state index is 0.0706. The molecule has 0 aromatic carbocycles. The molecule has 0 bridgehead atoms. The summed E-state index contributed by atoms with van der Waals surface area (Å²) < 4.78 is 1.02. The molecule has 186 valence electrons. The first-order valence-electron chi connectivity index (χ1n) is 13.9. The molecule has 2 atom stereocenters. The predicted molar refractivity (Wildman–Crippen MR) is 140 cm³/mol. The van der Waals surface area contributed by atoms with Crippen LogP contribution in [0.3, 0.4) is 0 Å². The highest BCUT2D eigenvalue weighted by Gasteiger charge is 2.37. The Morgan fingerprint density at radius 2 is 1.47 bits per heavy atom. The number of carbonyl (C=O) groups excluding carboxylic acids is 1. The maximum Gasteiger partial charge on any atom is 0.217 e. The number of hydrogen-bond acceptors (Lipinski definition) is 2. The van der Waals surface area contributed by atoms with Gasteiger partial charge in [-0.05, 0) is 39.0 Å². The van der Waals surface area contributed by atoms with Gasteiger partial charge in [-0.2, -0.15) is 0 Å². The molecule has 0 spiro atoms. The van der Waals surface area contributed by atoms with E-state index in [1.165, 1.54) is 103 Å². The van der Waals surface area contributed by atoms with Crippen LogP contribution in [0.1, 0.15) is 124 Å². The summed E-state index contributed by atoms with van der Waals surface area (Å²) in [6.45, 7) is 10.0. The van der Waals surface area contributed by atoms with E-state index in [0.717, 1.165) is 30.7 Å². The first-order chi connectivity index (χ1) is 15.6. The Balaban J connectivity index is 1.94. The Morgan fingerprint density at radius 3 is 2.03 bits per heavy atom. The van der Waals surface area contributed by atoms with Crippen LogP contribution in [0.5, 0.6) is 0 Å². The van der Waals surface area contributed by atoms with Gasteiger partial charge in [0.15, 0.2) is 6.17 Å². The Bertz CT molecular complexity index is 517. The Hall–Kier alpha value is -1.16. The van der Waals surface area contributed by atoms with Crippen LogP contribution in [0.15, 0.2) is 17.1 Å². The van der Waals surface area contributed by atoms with Gasteiger partial charge in [-0.1, -0.05) is 83.3 Å². The van der Waals surface area contributed by atoms with Crippen LogP contribution >= 0.6 is 0 Å². The minimum Gasteiger partial charge on any atom is -0.351 e. The number of rotatable bonds is 21. The number of allylic oxidation sites excluding steroid dienone is 2. The molecule has 4 nitrogen and oxygen atoms in total. The second kappa shape index (κ2) is 19.3. The van der Waals surface area contributed by atoms with E-state index in [-0.39, 0.29) is 5.91 Å². The maximum absolute atomic E-state index is 11.2. The third-order valence-electron chi connectivity index (χ3n) is 7.14. The number of hydrogen-bond donors (Lipinski definition) is 1. The molecule has 1 aliphatic heterocycles. The summed E-state index contributed by atoms with van der Waals surface area (Å²) in [5.74, 6) is 0.0706. The summed E-state index contributed by atoms with van der Waals surface area (Å²) in [5.41, 5.74) is 0. The predicted octanol–water partition coefficient (Wildman–Crippen LogP) is 7.19. The highest BCUT2D eigenvalue weighted by molar-refractivity contribution is 5.72. The lowest BCUT2D eigenvalue weighted by atomic mass is 10.0. The fourth-order valence-electron chi connectivity index (χ4n) is 4.89. The van der Waals surface area contributed by atoms with Gasteiger partial charge < -0.3 is 5.32 Å². The largest absolute Gasteiger partial charge is 0.351 e. The second-order valence-electron chi connectivity index (χ2n) is 9.82. The van der Waals surface area contributed by atoms with Crippen molar-refractivity contribution in [3.8, 4) is 0 Å². The van der Waals surface area contributed by atoms with Crippen molar-refractivity contribution in [3.05, 3.63) is 12.2 Å². The molecule has 0 radical (unpaired) electrons. The van der Waals surface area contributed by atoms with Gasteiger partial charge in [0, 0.05) is 13.3 Å². The van der Waals surface area contributed by atoms with E-state index >= 15 is 0 Å². The average Bonchev–Trinajstić information content (AvgIpc) is 3.18. The van der Waals surface area contributed by atoms with Crippen molar-refractivity contribution < 1.29 is 9.28 Å². The normalized spacial score (nSPS) is 20.4. The molecule has 2 unspecified atom stereocenters. The zero-order valence-electron chi connectivity index (χ0n) is 21.8. The zero-order chi connectivity index (χ0) is 23.3. The van der Waals surface area contributed by atoms with Gasteiger partial charge in [0.05, 0.1) is 25.8 Å². The van der Waals surface area contributed by atoms with Crippen molar-refractivity contribution in [2.45, 2.75) is 130 Å². The molecule has 32 heavy (non-hydrogen) atoms. The molecule has 1 heterocycles. The second-order valence-corrected chi connectivity index (χ2v) is 9.82. The Morgan fingerprint density at radius 1 is 0.906 bits per heavy atom. The molecule has 0 aromatic rings. The molecule has 4 heteroatoms. The molecule has 1 rings (SSSR count). The molecular formula is C28H54N3O+. The zero-order valence-corrected chi connectivity index (χ0v) is 21.8. The van der Waals surface area contributed by atoms with E-state index in [9.17, 15) is 4.79 Å². The summed E-state index contributed by atoms with van der Waals surface area (Å²) in [6.07, 6.45) is 28.9. The van der Waals surface area contributed by atoms with Gasteiger partial charge in [-0.15, -0.1) is 0 Å². The van der Waals surface area contributed by atoms with Crippen LogP contribution in [0.2, 0.25) is 0 Å². The van der Waals surface area contributed by atoms with E-state index in [0.29, 0.717) is 6.17 Å². The number of amides is 1. The average molecular weight is 449 g/mol. The number of aliphatic imine (C=N–C) groups is 1. The third-order valence-corrected chi connectivity index (χ3v) is 7.14. The monoisotopic (exact) mass is 448 g/mol. The van der Waals surface area contributed by atoms with Crippen molar-refractivity contribution >= 4 is 12.1 Å². The first kappa shape index (κ1) is 28.9. The van der Waals surface area contributed by atoms with E-state index in [1.54, 1.807) is 6.92 Å². The van der Waals surface area contributed by atoms with Crippen molar-refractivity contribution in [1.82, 2.24) is 5.32 Å². The van der Waals surface area contributed by atoms with Crippen molar-refractivity contribution in [1.29, 1.82) is 0 Å². The van der Waals surface area contributed by atoms with Crippen molar-refractivity contribution in [2.24, 2.45) is 4.99 Å². The summed E-state index contributed by atoms with van der Waals surface area (Å²) >= 11 is 0. The van der Waals surface area contributed by atoms with Crippen LogP contribution in [0, 0.1) is 0 Å². The summed E-state index contributed by atoms with van der Waals surface area (Å²) in [7, 11) is 0. The van der Waals surface area contributed by atoms with Gasteiger partial charge in [0.25, 0.3) is 0 Å². The maximum atomic E-state index is 11.2. The van der Waals surface area contributed by atoms with Crippen LogP contribution in [-0.2, 0) is 4.79 Å². The van der Waals surface area contributed by atoms with Gasteiger partial charge in [0.1, 0.15) is 6.54 Å². The summed E-state index contributed by atoms with van der Waals surface area (Å²) in [5, 5.41) is 2.96. The molecule has 0 aliphatic carbocycles. The number of unbranched alkanes of at least 4 members (excludes halogenated alkanes) is 13. The molecule has 1 aliphatic rings. The number of nitrogens with one attached hydrogen (secondary N) is 1. The third kappa shape index (κ3) is 13.4. The van der Waals surface area contributed by atoms with Gasteiger partial charge >= 0.3 is 0 Å². The van der Waals surface area contributed by atoms with Gasteiger partial charge in [-0.3, -0.25) is 9.28 Å². The van der Waals surface area contributed by atoms with Crippen LogP contribution in [0.25, 0.3) is 0 Å². The molecule has 0 saturated heterocycles. The van der Waals surface area contributed by atoms with Crippen LogP contribution in [-0.4, -0.2) is 48.9 Å². The quantitative estimate of drug-likeness (QED) is 0.113. The number of carbonyl (C=O) groups is 1. The van der Waals surface area contributed by atoms with E-state index in [2.05, 4.69) is 37.5 Å². The highest BCUT2D eigenvalue weighted by Crippen LogP contribution is 2.24. The smallest absolute Gasteiger partial charge is 0.217 e. The Labute approximate surface area is 199 Å². The van der Waals surface area contributed by atoms with Crippen molar-refractivity contribution in [2.75, 3.05) is 26.2 Å². The number of likely N-dealkylation sites (N-methyl/N-ethyl adjacent to an activating group) is 1. The van der Waals surface area contributed by atoms with Crippen LogP contribution in [0.4, 0.5) is 0 Å².